The van der Waals surface area contributed by atoms with Gasteiger partial charge >= 0.3 is 0 Å². The molecule has 0 bridgehead atoms. The summed E-state index contributed by atoms with van der Waals surface area (Å²) in [6.07, 6.45) is 3.55. The maximum atomic E-state index is 15.0. The van der Waals surface area contributed by atoms with E-state index in [1.807, 2.05) is 32.0 Å². The molecule has 1 saturated heterocycles. The maximum Gasteiger partial charge on any atom is 0.198 e. The van der Waals surface area contributed by atoms with Crippen LogP contribution in [-0.2, 0) is 6.42 Å². The summed E-state index contributed by atoms with van der Waals surface area (Å²) in [5, 5.41) is 3.36. The zero-order valence-corrected chi connectivity index (χ0v) is 20.9. The molecule has 37 heavy (non-hydrogen) atoms. The molecule has 1 N–H and O–H groups in total. The van der Waals surface area contributed by atoms with Crippen molar-refractivity contribution in [1.82, 2.24) is 20.3 Å². The number of nitrogens with one attached hydrogen (secondary N) is 1. The zero-order chi connectivity index (χ0) is 25.5. The van der Waals surface area contributed by atoms with Crippen molar-refractivity contribution in [3.05, 3.63) is 65.4 Å². The fourth-order valence-corrected chi connectivity index (χ4v) is 5.19. The highest BCUT2D eigenvalue weighted by Gasteiger charge is 2.26. The Bertz CT molecular complexity index is 1450. The molecule has 9 heteroatoms. The minimum atomic E-state index is -0.602. The van der Waals surface area contributed by atoms with E-state index in [2.05, 4.69) is 20.2 Å². The molecule has 0 atom stereocenters. The fraction of sp³-hybridized carbons (Fsp3) is 0.393. The lowest BCUT2D eigenvalue weighted by molar-refractivity contribution is 0.287. The molecule has 4 heterocycles. The fourth-order valence-electron chi connectivity index (χ4n) is 5.19. The first-order valence-electron chi connectivity index (χ1n) is 12.8. The van der Waals surface area contributed by atoms with E-state index in [1.165, 1.54) is 6.07 Å². The first-order chi connectivity index (χ1) is 18.0. The predicted octanol–water partition coefficient (Wildman–Crippen LogP) is 5.23. The smallest absolute Gasteiger partial charge is 0.198 e. The number of ether oxygens (including phenoxy) is 1. The van der Waals surface area contributed by atoms with Crippen LogP contribution in [0.1, 0.15) is 49.9 Å². The lowest BCUT2D eigenvalue weighted by atomic mass is 9.98. The number of fused-ring (bicyclic) bond motifs is 2. The lowest BCUT2D eigenvalue weighted by Crippen LogP contribution is -2.38. The number of oxazole rings is 1. The summed E-state index contributed by atoms with van der Waals surface area (Å²) in [7, 11) is 0. The number of hydrogen-bond donors (Lipinski definition) is 1. The molecule has 0 saturated carbocycles. The minimum Gasteiger partial charge on any atom is -0.486 e. The average Bonchev–Trinajstić information content (AvgIpc) is 3.33. The van der Waals surface area contributed by atoms with Crippen LogP contribution in [0.3, 0.4) is 0 Å². The van der Waals surface area contributed by atoms with Gasteiger partial charge in [-0.1, -0.05) is 6.07 Å². The van der Waals surface area contributed by atoms with Gasteiger partial charge in [-0.05, 0) is 69.6 Å². The van der Waals surface area contributed by atoms with Gasteiger partial charge in [0.1, 0.15) is 23.6 Å². The summed E-state index contributed by atoms with van der Waals surface area (Å²) >= 11 is 0. The molecule has 6 rings (SSSR count). The predicted molar refractivity (Wildman–Crippen MR) is 137 cm³/mol. The van der Waals surface area contributed by atoms with Crippen LogP contribution in [0.4, 0.5) is 14.5 Å². The van der Waals surface area contributed by atoms with E-state index in [4.69, 9.17) is 14.1 Å². The third-order valence-corrected chi connectivity index (χ3v) is 7.12. The van der Waals surface area contributed by atoms with E-state index in [0.29, 0.717) is 42.6 Å². The number of nitrogens with zero attached hydrogens (tertiary/aromatic N) is 4. The zero-order valence-electron chi connectivity index (χ0n) is 20.9. The van der Waals surface area contributed by atoms with E-state index in [9.17, 15) is 8.78 Å². The van der Waals surface area contributed by atoms with Crippen LogP contribution in [-0.4, -0.2) is 47.2 Å². The van der Waals surface area contributed by atoms with Crippen molar-refractivity contribution in [3.63, 3.8) is 0 Å². The lowest BCUT2D eigenvalue weighted by Gasteiger charge is -2.34. The van der Waals surface area contributed by atoms with Gasteiger partial charge in [-0.2, -0.15) is 0 Å². The molecule has 192 valence electrons. The van der Waals surface area contributed by atoms with Gasteiger partial charge in [0, 0.05) is 23.9 Å². The normalized spacial score (nSPS) is 16.3. The standard InChI is InChI=1S/C28H29F2N5O2/c1-16(2)35-9-10-36-27-20(29)13-19(14-23(27)35)26-21(30)15-32-25(34-26)12-17-3-4-24-22(11-17)33-28(37-24)18-5-7-31-8-6-18/h3-4,11,13-16,18,31H,5-10,12H2,1-2H3. The molecule has 2 aliphatic heterocycles. The van der Waals surface area contributed by atoms with Crippen LogP contribution in [0.15, 0.2) is 40.9 Å². The van der Waals surface area contributed by atoms with Gasteiger partial charge in [0.25, 0.3) is 0 Å². The van der Waals surface area contributed by atoms with Crippen LogP contribution in [0.5, 0.6) is 5.75 Å². The molecule has 0 spiro atoms. The number of aromatic nitrogens is 3. The van der Waals surface area contributed by atoms with E-state index in [1.54, 1.807) is 6.07 Å². The van der Waals surface area contributed by atoms with Crippen molar-refractivity contribution < 1.29 is 17.9 Å². The Labute approximate surface area is 213 Å². The monoisotopic (exact) mass is 505 g/mol. The number of anilines is 1. The van der Waals surface area contributed by atoms with Crippen LogP contribution in [0.25, 0.3) is 22.4 Å². The third kappa shape index (κ3) is 4.64. The van der Waals surface area contributed by atoms with Gasteiger partial charge in [-0.15, -0.1) is 0 Å². The van der Waals surface area contributed by atoms with Crippen molar-refractivity contribution in [2.45, 2.75) is 45.1 Å². The van der Waals surface area contributed by atoms with E-state index >= 15 is 0 Å². The maximum absolute atomic E-state index is 15.0. The number of halogens is 2. The Kier molecular flexibility index (Phi) is 6.24. The second kappa shape index (κ2) is 9.70. The minimum absolute atomic E-state index is 0.0664. The molecule has 0 unspecified atom stereocenters. The average molecular weight is 506 g/mol. The quantitative estimate of drug-likeness (QED) is 0.398. The molecular weight excluding hydrogens is 476 g/mol. The van der Waals surface area contributed by atoms with Crippen LogP contribution in [0.2, 0.25) is 0 Å². The number of benzene rings is 2. The number of rotatable bonds is 5. The summed E-state index contributed by atoms with van der Waals surface area (Å²) in [5.41, 5.74) is 3.50. The summed E-state index contributed by atoms with van der Waals surface area (Å²) in [6, 6.07) is 8.99. The van der Waals surface area contributed by atoms with Crippen LogP contribution >= 0.6 is 0 Å². The Morgan fingerprint density at radius 1 is 1.08 bits per heavy atom. The summed E-state index contributed by atoms with van der Waals surface area (Å²) in [6.45, 7) is 7.04. The first-order valence-corrected chi connectivity index (χ1v) is 12.8. The van der Waals surface area contributed by atoms with Gasteiger partial charge in [0.2, 0.25) is 0 Å². The topological polar surface area (TPSA) is 76.3 Å². The molecule has 1 fully saturated rings. The number of piperidine rings is 1. The van der Waals surface area contributed by atoms with E-state index in [-0.39, 0.29) is 17.5 Å². The van der Waals surface area contributed by atoms with Crippen LogP contribution < -0.4 is 15.0 Å². The number of hydrogen-bond acceptors (Lipinski definition) is 7. The van der Waals surface area contributed by atoms with Crippen molar-refractivity contribution in [1.29, 1.82) is 0 Å². The van der Waals surface area contributed by atoms with E-state index < -0.39 is 11.6 Å². The van der Waals surface area contributed by atoms with E-state index in [0.717, 1.165) is 54.7 Å². The second-order valence-electron chi connectivity index (χ2n) is 9.98. The Balaban J connectivity index is 1.30. The largest absolute Gasteiger partial charge is 0.486 e. The highest BCUT2D eigenvalue weighted by atomic mass is 19.1. The Morgan fingerprint density at radius 3 is 2.73 bits per heavy atom. The SMILES string of the molecule is CC(C)N1CCOc2c(F)cc(-c3nc(Cc4ccc5oc(C6CCNCC6)nc5c4)ncc3F)cc21. The van der Waals surface area contributed by atoms with Crippen molar-refractivity contribution >= 4 is 16.8 Å². The Morgan fingerprint density at radius 2 is 1.92 bits per heavy atom. The molecule has 7 nitrogen and oxygen atoms in total. The van der Waals surface area contributed by atoms with Gasteiger partial charge < -0.3 is 19.4 Å². The molecule has 2 aliphatic rings. The molecular formula is C28H29F2N5O2. The highest BCUT2D eigenvalue weighted by Crippen LogP contribution is 2.39. The molecule has 0 radical (unpaired) electrons. The second-order valence-corrected chi connectivity index (χ2v) is 9.98. The molecule has 2 aromatic heterocycles. The molecule has 0 amide bonds. The van der Waals surface area contributed by atoms with Crippen LogP contribution in [0, 0.1) is 11.6 Å². The van der Waals surface area contributed by atoms with Crippen molar-refractivity contribution in [3.8, 4) is 17.0 Å². The molecule has 4 aromatic rings. The highest BCUT2D eigenvalue weighted by molar-refractivity contribution is 5.74. The van der Waals surface area contributed by atoms with Gasteiger partial charge in [-0.3, -0.25) is 0 Å². The third-order valence-electron chi connectivity index (χ3n) is 7.12. The van der Waals surface area contributed by atoms with Gasteiger partial charge in [-0.25, -0.2) is 23.7 Å². The van der Waals surface area contributed by atoms with Crippen molar-refractivity contribution in [2.75, 3.05) is 31.1 Å². The van der Waals surface area contributed by atoms with Gasteiger partial charge in [0.15, 0.2) is 28.9 Å². The molecule has 0 aliphatic carbocycles. The van der Waals surface area contributed by atoms with Gasteiger partial charge in [0.05, 0.1) is 18.4 Å². The first kappa shape index (κ1) is 23.8. The summed E-state index contributed by atoms with van der Waals surface area (Å²) in [4.78, 5) is 15.5. The summed E-state index contributed by atoms with van der Waals surface area (Å²) < 4.78 is 41.5. The Hall–Kier alpha value is -3.59. The molecule has 2 aromatic carbocycles. The summed E-state index contributed by atoms with van der Waals surface area (Å²) in [5.74, 6) is 0.612. The van der Waals surface area contributed by atoms with Crippen molar-refractivity contribution in [2.24, 2.45) is 0 Å².